The summed E-state index contributed by atoms with van der Waals surface area (Å²) in [6.07, 6.45) is -3.00. The van der Waals surface area contributed by atoms with Crippen molar-refractivity contribution in [2.45, 2.75) is 13.1 Å². The second-order valence-corrected chi connectivity index (χ2v) is 7.30. The van der Waals surface area contributed by atoms with Gasteiger partial charge >= 0.3 is 6.18 Å². The van der Waals surface area contributed by atoms with Crippen molar-refractivity contribution in [3.63, 3.8) is 0 Å². The van der Waals surface area contributed by atoms with E-state index in [-0.39, 0.29) is 10.6 Å². The Morgan fingerprint density at radius 2 is 1.83 bits per heavy atom. The monoisotopic (exact) mass is 420 g/mol. The Hall–Kier alpha value is -3.07. The molecule has 0 aromatic heterocycles. The molecule has 29 heavy (non-hydrogen) atoms. The summed E-state index contributed by atoms with van der Waals surface area (Å²) in [6, 6.07) is 11.4. The fourth-order valence-electron chi connectivity index (χ4n) is 2.57. The van der Waals surface area contributed by atoms with Crippen LogP contribution in [0, 0.1) is 6.92 Å². The molecule has 2 aromatic carbocycles. The number of rotatable bonds is 4. The lowest BCUT2D eigenvalue weighted by molar-refractivity contribution is -0.137. The van der Waals surface area contributed by atoms with E-state index in [0.717, 1.165) is 34.2 Å². The smallest absolute Gasteiger partial charge is 0.325 e. The van der Waals surface area contributed by atoms with Crippen molar-refractivity contribution in [1.29, 1.82) is 0 Å². The Balaban J connectivity index is 1.68. The van der Waals surface area contributed by atoms with Gasteiger partial charge < -0.3 is 5.32 Å². The maximum Gasteiger partial charge on any atom is 0.416 e. The summed E-state index contributed by atoms with van der Waals surface area (Å²) in [5, 5.41) is 1.66. The largest absolute Gasteiger partial charge is 0.416 e. The average Bonchev–Trinajstić information content (AvgIpc) is 2.90. The lowest BCUT2D eigenvalue weighted by Crippen LogP contribution is -2.36. The zero-order valence-corrected chi connectivity index (χ0v) is 15.9. The number of alkyl halides is 3. The van der Waals surface area contributed by atoms with Crippen molar-refractivity contribution in [2.24, 2.45) is 0 Å². The number of hydrogen-bond acceptors (Lipinski definition) is 4. The molecule has 0 atom stereocenters. The Morgan fingerprint density at radius 1 is 1.14 bits per heavy atom. The molecule has 3 rings (SSSR count). The third kappa shape index (κ3) is 5.05. The van der Waals surface area contributed by atoms with E-state index >= 15 is 0 Å². The SMILES string of the molecule is Cc1ccc(/C=C2\SC(=O)N(CC(=O)Nc3cccc(C(F)(F)F)c3)C2=O)cc1. The molecule has 0 spiro atoms. The summed E-state index contributed by atoms with van der Waals surface area (Å²) in [6.45, 7) is 1.33. The highest BCUT2D eigenvalue weighted by Gasteiger charge is 2.36. The van der Waals surface area contributed by atoms with Crippen molar-refractivity contribution in [2.75, 3.05) is 11.9 Å². The Labute approximate surface area is 168 Å². The highest BCUT2D eigenvalue weighted by Crippen LogP contribution is 2.33. The van der Waals surface area contributed by atoms with Gasteiger partial charge in [-0.1, -0.05) is 35.9 Å². The van der Waals surface area contributed by atoms with Crippen LogP contribution in [0.25, 0.3) is 6.08 Å². The van der Waals surface area contributed by atoms with Gasteiger partial charge in [-0.25, -0.2) is 0 Å². The minimum Gasteiger partial charge on any atom is -0.325 e. The quantitative estimate of drug-likeness (QED) is 0.729. The number of hydrogen-bond donors (Lipinski definition) is 1. The number of halogens is 3. The zero-order valence-electron chi connectivity index (χ0n) is 15.1. The highest BCUT2D eigenvalue weighted by molar-refractivity contribution is 8.18. The molecule has 0 radical (unpaired) electrons. The van der Waals surface area contributed by atoms with Gasteiger partial charge in [-0.15, -0.1) is 0 Å². The van der Waals surface area contributed by atoms with Gasteiger partial charge in [0.2, 0.25) is 5.91 Å². The molecule has 9 heteroatoms. The Morgan fingerprint density at radius 3 is 2.48 bits per heavy atom. The fourth-order valence-corrected chi connectivity index (χ4v) is 3.41. The number of aryl methyl sites for hydroxylation is 1. The number of carbonyl (C=O) groups excluding carboxylic acids is 3. The van der Waals surface area contributed by atoms with Gasteiger partial charge in [0.1, 0.15) is 6.54 Å². The van der Waals surface area contributed by atoms with Crippen LogP contribution in [-0.4, -0.2) is 28.5 Å². The average molecular weight is 420 g/mol. The molecule has 5 nitrogen and oxygen atoms in total. The lowest BCUT2D eigenvalue weighted by Gasteiger charge is -2.13. The number of carbonyl (C=O) groups is 3. The second-order valence-electron chi connectivity index (χ2n) is 6.31. The molecule has 150 valence electrons. The number of amides is 3. The second kappa shape index (κ2) is 8.12. The molecule has 1 heterocycles. The molecule has 0 saturated carbocycles. The van der Waals surface area contributed by atoms with E-state index < -0.39 is 35.3 Å². The third-order valence-electron chi connectivity index (χ3n) is 4.02. The first-order chi connectivity index (χ1) is 13.6. The molecule has 3 amide bonds. The number of nitrogens with zero attached hydrogens (tertiary/aromatic N) is 1. The molecule has 0 aliphatic carbocycles. The van der Waals surface area contributed by atoms with Crippen LogP contribution in [0.15, 0.2) is 53.4 Å². The third-order valence-corrected chi connectivity index (χ3v) is 4.93. The van der Waals surface area contributed by atoms with Crippen LogP contribution in [0.2, 0.25) is 0 Å². The number of thioether (sulfide) groups is 1. The standard InChI is InChI=1S/C20H15F3N2O3S/c1-12-5-7-13(8-6-12)9-16-18(27)25(19(28)29-16)11-17(26)24-15-4-2-3-14(10-15)20(21,22)23/h2-10H,11H2,1H3,(H,24,26)/b16-9-. The van der Waals surface area contributed by atoms with Crippen molar-refractivity contribution >= 4 is 40.6 Å². The summed E-state index contributed by atoms with van der Waals surface area (Å²) >= 11 is 0.705. The maximum atomic E-state index is 12.8. The molecule has 1 aliphatic heterocycles. The normalized spacial score (nSPS) is 15.9. The molecule has 0 unspecified atom stereocenters. The van der Waals surface area contributed by atoms with Crippen LogP contribution < -0.4 is 5.32 Å². The summed E-state index contributed by atoms with van der Waals surface area (Å²) < 4.78 is 38.3. The van der Waals surface area contributed by atoms with Crippen molar-refractivity contribution in [3.05, 3.63) is 70.1 Å². The minimum atomic E-state index is -4.55. The summed E-state index contributed by atoms with van der Waals surface area (Å²) in [4.78, 5) is 37.6. The first kappa shape index (κ1) is 20.7. The van der Waals surface area contributed by atoms with Crippen LogP contribution in [0.1, 0.15) is 16.7 Å². The summed E-state index contributed by atoms with van der Waals surface area (Å²) in [7, 11) is 0. The Bertz CT molecular complexity index is 1000. The van der Waals surface area contributed by atoms with E-state index in [1.165, 1.54) is 6.07 Å². The van der Waals surface area contributed by atoms with Crippen molar-refractivity contribution < 1.29 is 27.6 Å². The molecule has 2 aromatic rings. The summed E-state index contributed by atoms with van der Waals surface area (Å²) in [5.41, 5.74) is 0.783. The van der Waals surface area contributed by atoms with Gasteiger partial charge in [-0.3, -0.25) is 19.3 Å². The predicted molar refractivity (Wildman–Crippen MR) is 104 cm³/mol. The molecule has 1 saturated heterocycles. The van der Waals surface area contributed by atoms with Gasteiger partial charge in [0.15, 0.2) is 0 Å². The van der Waals surface area contributed by atoms with Gasteiger partial charge in [0.05, 0.1) is 10.5 Å². The van der Waals surface area contributed by atoms with Crippen LogP contribution in [-0.2, 0) is 15.8 Å². The topological polar surface area (TPSA) is 66.5 Å². The van der Waals surface area contributed by atoms with Crippen LogP contribution in [0.5, 0.6) is 0 Å². The van der Waals surface area contributed by atoms with E-state index in [4.69, 9.17) is 0 Å². The first-order valence-corrected chi connectivity index (χ1v) is 9.24. The van der Waals surface area contributed by atoms with E-state index in [1.807, 2.05) is 19.1 Å². The van der Waals surface area contributed by atoms with Gasteiger partial charge in [-0.2, -0.15) is 13.2 Å². The molecule has 1 N–H and O–H groups in total. The highest BCUT2D eigenvalue weighted by atomic mass is 32.2. The van der Waals surface area contributed by atoms with E-state index in [2.05, 4.69) is 5.32 Å². The van der Waals surface area contributed by atoms with Crippen molar-refractivity contribution in [3.8, 4) is 0 Å². The molecular weight excluding hydrogens is 405 g/mol. The number of imide groups is 1. The van der Waals surface area contributed by atoms with Crippen LogP contribution in [0.4, 0.5) is 23.7 Å². The predicted octanol–water partition coefficient (Wildman–Crippen LogP) is 4.69. The van der Waals surface area contributed by atoms with E-state index in [0.29, 0.717) is 11.8 Å². The van der Waals surface area contributed by atoms with E-state index in [1.54, 1.807) is 18.2 Å². The summed E-state index contributed by atoms with van der Waals surface area (Å²) in [5.74, 6) is -1.40. The number of nitrogens with one attached hydrogen (secondary N) is 1. The molecule has 0 bridgehead atoms. The van der Waals surface area contributed by atoms with Crippen LogP contribution >= 0.6 is 11.8 Å². The molecule has 1 aliphatic rings. The zero-order chi connectivity index (χ0) is 21.2. The first-order valence-electron chi connectivity index (χ1n) is 8.42. The van der Waals surface area contributed by atoms with Gasteiger partial charge in [0, 0.05) is 5.69 Å². The molecule has 1 fully saturated rings. The van der Waals surface area contributed by atoms with Crippen molar-refractivity contribution in [1.82, 2.24) is 4.90 Å². The minimum absolute atomic E-state index is 0.0769. The van der Waals surface area contributed by atoms with Gasteiger partial charge in [-0.05, 0) is 48.5 Å². The Kier molecular flexibility index (Phi) is 5.78. The van der Waals surface area contributed by atoms with Crippen LogP contribution in [0.3, 0.4) is 0 Å². The molecular formula is C20H15F3N2O3S. The fraction of sp³-hybridized carbons (Fsp3) is 0.150. The number of benzene rings is 2. The lowest BCUT2D eigenvalue weighted by atomic mass is 10.1. The van der Waals surface area contributed by atoms with Gasteiger partial charge in [0.25, 0.3) is 11.1 Å². The van der Waals surface area contributed by atoms with E-state index in [9.17, 15) is 27.6 Å². The number of anilines is 1. The maximum absolute atomic E-state index is 12.8.